The molecule has 1 amide bonds. The van der Waals surface area contributed by atoms with Crippen molar-refractivity contribution < 1.29 is 9.59 Å². The maximum absolute atomic E-state index is 12.7. The van der Waals surface area contributed by atoms with Crippen molar-refractivity contribution in [3.05, 3.63) is 70.8 Å². The Morgan fingerprint density at radius 2 is 1.83 bits per heavy atom. The highest BCUT2D eigenvalue weighted by molar-refractivity contribution is 5.99. The lowest BCUT2D eigenvalue weighted by Gasteiger charge is -2.37. The van der Waals surface area contributed by atoms with E-state index in [0.717, 1.165) is 12.0 Å². The van der Waals surface area contributed by atoms with Gasteiger partial charge in [0.2, 0.25) is 5.91 Å². The van der Waals surface area contributed by atoms with Crippen LogP contribution in [0.15, 0.2) is 53.5 Å². The molecule has 5 nitrogen and oxygen atoms in total. The highest BCUT2D eigenvalue weighted by Crippen LogP contribution is 2.30. The highest BCUT2D eigenvalue weighted by atomic mass is 16.2. The van der Waals surface area contributed by atoms with Gasteiger partial charge in [-0.1, -0.05) is 62.4 Å². The molecule has 2 aromatic rings. The zero-order valence-corrected chi connectivity index (χ0v) is 18.3. The van der Waals surface area contributed by atoms with Crippen LogP contribution in [-0.4, -0.2) is 28.1 Å². The number of Topliss-reactive ketones (excluding diaryl/α,β-unsaturated/α-hetero) is 1. The van der Waals surface area contributed by atoms with Gasteiger partial charge in [0.05, 0.1) is 18.5 Å². The fourth-order valence-electron chi connectivity index (χ4n) is 3.66. The van der Waals surface area contributed by atoms with Gasteiger partial charge < -0.3 is 5.73 Å². The minimum absolute atomic E-state index is 0.0166. The summed E-state index contributed by atoms with van der Waals surface area (Å²) in [6.45, 7) is 8.50. The second-order valence-electron chi connectivity index (χ2n) is 8.69. The molecular formula is C25H31N3O2. The van der Waals surface area contributed by atoms with Crippen LogP contribution >= 0.6 is 0 Å². The Balaban J connectivity index is 1.64. The first kappa shape index (κ1) is 21.8. The van der Waals surface area contributed by atoms with E-state index in [1.165, 1.54) is 16.0 Å². The Morgan fingerprint density at radius 1 is 1.17 bits per heavy atom. The number of carbonyl (C=O) groups is 2. The molecule has 2 aromatic carbocycles. The average molecular weight is 406 g/mol. The molecule has 1 atom stereocenters. The number of hydrogen-bond acceptors (Lipinski definition) is 4. The standard InChI is InChI=1S/C25H31N3O2/c1-17(2)25(4)15-23(30)28(24(26)27-25)16-19-9-11-21(12-10-19)22(29)14-13-20-8-6-5-7-18(20)3/h5-12,17H,13-16H2,1-4H3,(H2,26,27)/t25-/m0/s1. The van der Waals surface area contributed by atoms with Gasteiger partial charge in [0, 0.05) is 12.0 Å². The molecule has 3 rings (SSSR count). The van der Waals surface area contributed by atoms with Crippen LogP contribution < -0.4 is 5.73 Å². The molecule has 2 N–H and O–H groups in total. The summed E-state index contributed by atoms with van der Waals surface area (Å²) in [5.41, 5.74) is 9.68. The molecule has 0 aromatic heterocycles. The van der Waals surface area contributed by atoms with Crippen LogP contribution in [0.1, 0.15) is 60.7 Å². The van der Waals surface area contributed by atoms with Crippen molar-refractivity contribution in [2.24, 2.45) is 16.6 Å². The molecule has 1 heterocycles. The van der Waals surface area contributed by atoms with Gasteiger partial charge in [-0.3, -0.25) is 14.5 Å². The zero-order valence-electron chi connectivity index (χ0n) is 18.3. The summed E-state index contributed by atoms with van der Waals surface area (Å²) >= 11 is 0. The molecular weight excluding hydrogens is 374 g/mol. The van der Waals surface area contributed by atoms with Crippen LogP contribution in [0.25, 0.3) is 0 Å². The summed E-state index contributed by atoms with van der Waals surface area (Å²) in [6, 6.07) is 15.6. The maximum atomic E-state index is 12.7. The minimum atomic E-state index is -0.453. The third-order valence-corrected chi connectivity index (χ3v) is 6.20. The summed E-state index contributed by atoms with van der Waals surface area (Å²) in [4.78, 5) is 31.3. The number of guanidine groups is 1. The topological polar surface area (TPSA) is 75.8 Å². The molecule has 0 spiro atoms. The normalized spacial score (nSPS) is 19.2. The third kappa shape index (κ3) is 4.78. The summed E-state index contributed by atoms with van der Waals surface area (Å²) in [6.07, 6.45) is 1.56. The Kier molecular flexibility index (Phi) is 6.40. The van der Waals surface area contributed by atoms with Crippen LogP contribution in [0.3, 0.4) is 0 Å². The molecule has 1 aliphatic rings. The van der Waals surface area contributed by atoms with Crippen molar-refractivity contribution in [1.29, 1.82) is 0 Å². The summed E-state index contributed by atoms with van der Waals surface area (Å²) < 4.78 is 0. The lowest BCUT2D eigenvalue weighted by atomic mass is 9.84. The largest absolute Gasteiger partial charge is 0.369 e. The number of nitrogens with two attached hydrogens (primary N) is 1. The van der Waals surface area contributed by atoms with Crippen molar-refractivity contribution in [2.45, 2.75) is 59.0 Å². The van der Waals surface area contributed by atoms with E-state index in [9.17, 15) is 9.59 Å². The van der Waals surface area contributed by atoms with Crippen LogP contribution in [0.5, 0.6) is 0 Å². The van der Waals surface area contributed by atoms with Gasteiger partial charge in [-0.15, -0.1) is 0 Å². The van der Waals surface area contributed by atoms with Crippen molar-refractivity contribution in [3.63, 3.8) is 0 Å². The molecule has 0 aliphatic carbocycles. The van der Waals surface area contributed by atoms with Crippen molar-refractivity contribution >= 4 is 17.6 Å². The van der Waals surface area contributed by atoms with E-state index < -0.39 is 5.54 Å². The minimum Gasteiger partial charge on any atom is -0.369 e. The van der Waals surface area contributed by atoms with Crippen LogP contribution in [0, 0.1) is 12.8 Å². The van der Waals surface area contributed by atoms with Gasteiger partial charge in [0.15, 0.2) is 11.7 Å². The SMILES string of the molecule is Cc1ccccc1CCC(=O)c1ccc(CN2C(=O)C[C@@](C)(C(C)C)N=C2N)cc1. The Hall–Kier alpha value is -2.95. The number of hydrogen-bond donors (Lipinski definition) is 1. The molecule has 1 aliphatic heterocycles. The van der Waals surface area contributed by atoms with Gasteiger partial charge in [-0.05, 0) is 42.9 Å². The Labute approximate surface area is 179 Å². The van der Waals surface area contributed by atoms with E-state index in [-0.39, 0.29) is 23.6 Å². The Bertz CT molecular complexity index is 963. The molecule has 0 radical (unpaired) electrons. The van der Waals surface area contributed by atoms with Crippen molar-refractivity contribution in [2.75, 3.05) is 0 Å². The highest BCUT2D eigenvalue weighted by Gasteiger charge is 2.38. The van der Waals surface area contributed by atoms with Gasteiger partial charge in [-0.25, -0.2) is 4.99 Å². The zero-order chi connectivity index (χ0) is 21.9. The third-order valence-electron chi connectivity index (χ3n) is 6.20. The summed E-state index contributed by atoms with van der Waals surface area (Å²) in [5.74, 6) is 0.595. The van der Waals surface area contributed by atoms with E-state index in [2.05, 4.69) is 37.9 Å². The smallest absolute Gasteiger partial charge is 0.232 e. The van der Waals surface area contributed by atoms with E-state index in [4.69, 9.17) is 5.73 Å². The number of aliphatic imine (C=N–C) groups is 1. The number of amides is 1. The van der Waals surface area contributed by atoms with E-state index in [1.807, 2.05) is 43.3 Å². The molecule has 0 saturated heterocycles. The molecule has 158 valence electrons. The molecule has 5 heteroatoms. The first-order valence-electron chi connectivity index (χ1n) is 10.5. The van der Waals surface area contributed by atoms with E-state index >= 15 is 0 Å². The first-order valence-corrected chi connectivity index (χ1v) is 10.5. The maximum Gasteiger partial charge on any atom is 0.232 e. The second-order valence-corrected chi connectivity index (χ2v) is 8.69. The van der Waals surface area contributed by atoms with Crippen molar-refractivity contribution in [1.82, 2.24) is 4.90 Å². The van der Waals surface area contributed by atoms with Crippen LogP contribution in [-0.2, 0) is 17.8 Å². The number of ketones is 1. The molecule has 0 unspecified atom stereocenters. The summed E-state index contributed by atoms with van der Waals surface area (Å²) in [5, 5.41) is 0. The second kappa shape index (κ2) is 8.82. The molecule has 30 heavy (non-hydrogen) atoms. The predicted molar refractivity (Wildman–Crippen MR) is 120 cm³/mol. The van der Waals surface area contributed by atoms with E-state index in [1.54, 1.807) is 0 Å². The first-order chi connectivity index (χ1) is 14.2. The monoisotopic (exact) mass is 405 g/mol. The average Bonchev–Trinajstić information content (AvgIpc) is 2.70. The fourth-order valence-corrected chi connectivity index (χ4v) is 3.66. The summed E-state index contributed by atoms with van der Waals surface area (Å²) in [7, 11) is 0. The fraction of sp³-hybridized carbons (Fsp3) is 0.400. The number of nitrogens with zero attached hydrogens (tertiary/aromatic N) is 2. The van der Waals surface area contributed by atoms with Crippen LogP contribution in [0.2, 0.25) is 0 Å². The predicted octanol–water partition coefficient (Wildman–Crippen LogP) is 4.27. The van der Waals surface area contributed by atoms with Gasteiger partial charge in [0.25, 0.3) is 0 Å². The number of aryl methyl sites for hydroxylation is 2. The van der Waals surface area contributed by atoms with Gasteiger partial charge in [-0.2, -0.15) is 0 Å². The van der Waals surface area contributed by atoms with E-state index in [0.29, 0.717) is 24.9 Å². The molecule has 0 bridgehead atoms. The van der Waals surface area contributed by atoms with Gasteiger partial charge in [0.1, 0.15) is 0 Å². The molecule has 0 saturated carbocycles. The number of benzene rings is 2. The number of rotatable bonds is 7. The lowest BCUT2D eigenvalue weighted by molar-refractivity contribution is -0.130. The lowest BCUT2D eigenvalue weighted by Crippen LogP contribution is -2.51. The molecule has 0 fully saturated rings. The van der Waals surface area contributed by atoms with Crippen LogP contribution in [0.4, 0.5) is 0 Å². The van der Waals surface area contributed by atoms with Gasteiger partial charge >= 0.3 is 0 Å². The Morgan fingerprint density at radius 3 is 2.43 bits per heavy atom. The quantitative estimate of drug-likeness (QED) is 0.699. The number of carbonyl (C=O) groups excluding carboxylic acids is 2. The van der Waals surface area contributed by atoms with Crippen molar-refractivity contribution in [3.8, 4) is 0 Å².